The summed E-state index contributed by atoms with van der Waals surface area (Å²) in [6.45, 7) is 4.60. The third-order valence-electron chi connectivity index (χ3n) is 9.72. The number of likely N-dealkylation sites (N-methyl/N-ethyl adjacent to an activating group) is 1. The molecule has 3 aliphatic carbocycles. The highest BCUT2D eigenvalue weighted by atomic mass is 16.5. The zero-order chi connectivity index (χ0) is 24.0. The van der Waals surface area contributed by atoms with E-state index < -0.39 is 17.8 Å². The van der Waals surface area contributed by atoms with Gasteiger partial charge in [-0.1, -0.05) is 36.8 Å². The van der Waals surface area contributed by atoms with Crippen molar-refractivity contribution in [1.82, 2.24) is 4.90 Å². The molecule has 1 saturated heterocycles. The van der Waals surface area contributed by atoms with Gasteiger partial charge in [0.1, 0.15) is 6.10 Å². The number of allylic oxidation sites excluding steroid dienone is 3. The highest BCUT2D eigenvalue weighted by molar-refractivity contribution is 5.75. The minimum atomic E-state index is -0.901. The summed E-state index contributed by atoms with van der Waals surface area (Å²) >= 11 is 0. The maximum atomic E-state index is 11.2. The quantitative estimate of drug-likeness (QED) is 0.701. The van der Waals surface area contributed by atoms with E-state index in [-0.39, 0.29) is 17.1 Å². The molecule has 2 bridgehead atoms. The molecule has 1 aromatic carbocycles. The van der Waals surface area contributed by atoms with Crippen LogP contribution in [0.3, 0.4) is 0 Å². The van der Waals surface area contributed by atoms with Crippen LogP contribution in [0.5, 0.6) is 0 Å². The smallest absolute Gasteiger partial charge is 0.105 e. The van der Waals surface area contributed by atoms with Crippen molar-refractivity contribution in [2.75, 3.05) is 14.1 Å². The molecule has 1 aromatic rings. The van der Waals surface area contributed by atoms with Gasteiger partial charge in [-0.25, -0.2) is 0 Å². The van der Waals surface area contributed by atoms with Gasteiger partial charge in [0.25, 0.3) is 0 Å². The third-order valence-corrected chi connectivity index (χ3v) is 9.72. The van der Waals surface area contributed by atoms with E-state index in [1.54, 1.807) is 0 Å². The molecule has 0 radical (unpaired) electrons. The van der Waals surface area contributed by atoms with Crippen LogP contribution in [0.4, 0.5) is 0 Å². The number of aliphatic hydroxyl groups excluding tert-OH is 2. The van der Waals surface area contributed by atoms with Crippen LogP contribution in [0.25, 0.3) is 5.57 Å². The number of ether oxygens (including phenoxy) is 1. The van der Waals surface area contributed by atoms with E-state index in [1.165, 1.54) is 22.3 Å². The average Bonchev–Trinajstić information content (AvgIpc) is 3.31. The number of benzene rings is 1. The minimum Gasteiger partial charge on any atom is -0.388 e. The summed E-state index contributed by atoms with van der Waals surface area (Å²) in [7, 11) is 3.94. The van der Waals surface area contributed by atoms with Gasteiger partial charge in [-0.15, -0.1) is 0 Å². The van der Waals surface area contributed by atoms with Crippen molar-refractivity contribution in [3.63, 3.8) is 0 Å². The van der Waals surface area contributed by atoms with E-state index in [0.29, 0.717) is 17.9 Å². The van der Waals surface area contributed by atoms with Gasteiger partial charge in [-0.05, 0) is 87.5 Å². The van der Waals surface area contributed by atoms with Crippen molar-refractivity contribution in [1.29, 1.82) is 5.26 Å². The molecule has 1 saturated carbocycles. The van der Waals surface area contributed by atoms with E-state index in [4.69, 9.17) is 4.74 Å². The molecular formula is C29H34N2O3. The first-order chi connectivity index (χ1) is 16.1. The molecular weight excluding hydrogens is 424 g/mol. The highest BCUT2D eigenvalue weighted by Gasteiger charge is 2.67. The Hall–Kier alpha value is -2.23. The number of hydrogen-bond acceptors (Lipinski definition) is 5. The van der Waals surface area contributed by atoms with Gasteiger partial charge in [-0.2, -0.15) is 5.26 Å². The SMILES string of the molecule is CC1=C2C=C3C(O)C(O)C(N(C)C)CC34CCC2(O4)C2CC=C(c3ccc(C#N)cc3)C2(C)C1. The Morgan fingerprint density at radius 2 is 1.88 bits per heavy atom. The summed E-state index contributed by atoms with van der Waals surface area (Å²) < 4.78 is 7.25. The second-order valence-electron chi connectivity index (χ2n) is 11.6. The zero-order valence-corrected chi connectivity index (χ0v) is 20.5. The molecule has 2 spiro atoms. The van der Waals surface area contributed by atoms with Crippen LogP contribution in [0.2, 0.25) is 0 Å². The van der Waals surface area contributed by atoms with Crippen LogP contribution in [-0.4, -0.2) is 58.7 Å². The summed E-state index contributed by atoms with van der Waals surface area (Å²) in [6, 6.07) is 10.1. The monoisotopic (exact) mass is 458 g/mol. The number of aliphatic hydroxyl groups is 2. The first kappa shape index (κ1) is 22.2. The van der Waals surface area contributed by atoms with Gasteiger partial charge in [0.15, 0.2) is 0 Å². The van der Waals surface area contributed by atoms with Crippen molar-refractivity contribution in [3.8, 4) is 6.07 Å². The topological polar surface area (TPSA) is 76.7 Å². The Balaban J connectivity index is 1.44. The molecule has 2 heterocycles. The molecule has 178 valence electrons. The van der Waals surface area contributed by atoms with Crippen LogP contribution in [0.15, 0.2) is 53.1 Å². The van der Waals surface area contributed by atoms with Gasteiger partial charge in [0.05, 0.1) is 28.9 Å². The van der Waals surface area contributed by atoms with Gasteiger partial charge in [0.2, 0.25) is 0 Å². The molecule has 2 fully saturated rings. The maximum Gasteiger partial charge on any atom is 0.105 e. The maximum absolute atomic E-state index is 11.2. The van der Waals surface area contributed by atoms with Gasteiger partial charge in [0, 0.05) is 17.4 Å². The molecule has 34 heavy (non-hydrogen) atoms. The van der Waals surface area contributed by atoms with Crippen LogP contribution in [0.1, 0.15) is 57.1 Å². The van der Waals surface area contributed by atoms with E-state index >= 15 is 0 Å². The van der Waals surface area contributed by atoms with Crippen LogP contribution >= 0.6 is 0 Å². The molecule has 2 N–H and O–H groups in total. The van der Waals surface area contributed by atoms with Crippen LogP contribution in [-0.2, 0) is 4.74 Å². The minimum absolute atomic E-state index is 0.0492. The first-order valence-corrected chi connectivity index (χ1v) is 12.5. The molecule has 2 aliphatic heterocycles. The predicted molar refractivity (Wildman–Crippen MR) is 131 cm³/mol. The second kappa shape index (κ2) is 7.15. The summed E-state index contributed by atoms with van der Waals surface area (Å²) in [5.74, 6) is 0.323. The lowest BCUT2D eigenvalue weighted by atomic mass is 9.56. The van der Waals surface area contributed by atoms with Crippen molar-refractivity contribution in [3.05, 3.63) is 64.3 Å². The Bertz CT molecular complexity index is 1190. The van der Waals surface area contributed by atoms with Crippen molar-refractivity contribution < 1.29 is 14.9 Å². The Morgan fingerprint density at radius 3 is 2.56 bits per heavy atom. The van der Waals surface area contributed by atoms with E-state index in [9.17, 15) is 15.5 Å². The fourth-order valence-electron chi connectivity index (χ4n) is 8.17. The number of nitrogens with zero attached hydrogens (tertiary/aromatic N) is 2. The number of fused-ring (bicyclic) bond motifs is 1. The predicted octanol–water partition coefficient (Wildman–Crippen LogP) is 3.97. The third kappa shape index (κ3) is 2.69. The van der Waals surface area contributed by atoms with E-state index in [0.717, 1.165) is 31.3 Å². The summed E-state index contributed by atoms with van der Waals surface area (Å²) in [6.07, 6.45) is 7.33. The van der Waals surface area contributed by atoms with Crippen molar-refractivity contribution in [2.24, 2.45) is 11.3 Å². The molecule has 0 amide bonds. The van der Waals surface area contributed by atoms with E-state index in [2.05, 4.69) is 44.2 Å². The lowest BCUT2D eigenvalue weighted by molar-refractivity contribution is -0.162. The van der Waals surface area contributed by atoms with E-state index in [1.807, 2.05) is 31.1 Å². The molecule has 5 nitrogen and oxygen atoms in total. The summed E-state index contributed by atoms with van der Waals surface area (Å²) in [5, 5.41) is 31.3. The normalized spacial score (nSPS) is 42.5. The fourth-order valence-corrected chi connectivity index (χ4v) is 8.17. The first-order valence-electron chi connectivity index (χ1n) is 12.5. The Labute approximate surface area is 202 Å². The lowest BCUT2D eigenvalue weighted by Crippen LogP contribution is -2.62. The van der Waals surface area contributed by atoms with Gasteiger partial charge >= 0.3 is 0 Å². The largest absolute Gasteiger partial charge is 0.388 e. The second-order valence-corrected chi connectivity index (χ2v) is 11.6. The van der Waals surface area contributed by atoms with Gasteiger partial charge in [-0.3, -0.25) is 0 Å². The Kier molecular flexibility index (Phi) is 4.68. The molecule has 7 unspecified atom stereocenters. The summed E-state index contributed by atoms with van der Waals surface area (Å²) in [5.41, 5.74) is 5.76. The molecule has 5 aliphatic rings. The van der Waals surface area contributed by atoms with Crippen LogP contribution in [0, 0.1) is 22.7 Å². The zero-order valence-electron chi connectivity index (χ0n) is 20.5. The average molecular weight is 459 g/mol. The van der Waals surface area contributed by atoms with Crippen LogP contribution < -0.4 is 0 Å². The Morgan fingerprint density at radius 1 is 1.15 bits per heavy atom. The highest BCUT2D eigenvalue weighted by Crippen LogP contribution is 2.68. The van der Waals surface area contributed by atoms with Crippen molar-refractivity contribution >= 4 is 5.57 Å². The fraction of sp³-hybridized carbons (Fsp3) is 0.552. The lowest BCUT2D eigenvalue weighted by Gasteiger charge is -2.56. The molecule has 5 heteroatoms. The number of rotatable bonds is 2. The molecule has 7 atom stereocenters. The molecule has 0 aromatic heterocycles. The standard InChI is InChI=1S/C29H34N2O3/c1-17-14-27(2)20(19-7-5-18(16-30)6-8-19)9-10-24(27)29-12-11-28(34-29)15-23(31(3)4)26(33)25(32)22(28)13-21(17)29/h5-9,13,23-26,32-33H,10-12,14-15H2,1-4H3. The summed E-state index contributed by atoms with van der Waals surface area (Å²) in [4.78, 5) is 2.02. The molecule has 6 rings (SSSR count). The van der Waals surface area contributed by atoms with Crippen molar-refractivity contribution in [2.45, 2.75) is 75.4 Å². The number of hydrogen-bond donors (Lipinski definition) is 2. The number of nitriles is 1. The van der Waals surface area contributed by atoms with Gasteiger partial charge < -0.3 is 19.8 Å².